The number of hydrogen-bond acceptors (Lipinski definition) is 6. The summed E-state index contributed by atoms with van der Waals surface area (Å²) < 4.78 is 1.64. The van der Waals surface area contributed by atoms with Gasteiger partial charge in [-0.1, -0.05) is 0 Å². The average molecular weight is 371 g/mol. The largest absolute Gasteiger partial charge is 0.375 e. The Kier molecular flexibility index (Phi) is 6.59. The Labute approximate surface area is 151 Å². The maximum absolute atomic E-state index is 12.0. The summed E-state index contributed by atoms with van der Waals surface area (Å²) in [4.78, 5) is 19.7. The molecule has 1 aliphatic heterocycles. The highest BCUT2D eigenvalue weighted by molar-refractivity contribution is 7.15. The molecule has 0 aromatic carbocycles. The number of hydrogen-bond donors (Lipinski definition) is 2. The molecule has 0 spiro atoms. The molecular weight excluding hydrogens is 348 g/mol. The lowest BCUT2D eigenvalue weighted by Crippen LogP contribution is -2.38. The minimum Gasteiger partial charge on any atom is -0.375 e. The zero-order valence-electron chi connectivity index (χ0n) is 13.6. The van der Waals surface area contributed by atoms with Gasteiger partial charge in [0.05, 0.1) is 11.8 Å². The monoisotopic (exact) mass is 370 g/mol. The summed E-state index contributed by atoms with van der Waals surface area (Å²) in [5, 5.41) is 7.67. The van der Waals surface area contributed by atoms with Crippen LogP contribution in [0.25, 0.3) is 0 Å². The fraction of sp³-hybridized carbons (Fsp3) is 0.533. The summed E-state index contributed by atoms with van der Waals surface area (Å²) in [5.74, 6) is 0.499. The normalized spacial score (nSPS) is 15.9. The van der Waals surface area contributed by atoms with E-state index in [9.17, 15) is 4.79 Å². The molecule has 24 heavy (non-hydrogen) atoms. The van der Waals surface area contributed by atoms with Crippen molar-refractivity contribution in [3.63, 3.8) is 0 Å². The standard InChI is InChI=1S/C15H22N6OS.ClH/c1-20-9-12(7-19-20)14(22)17-6-11-2-4-21(5-3-11)10-13-8-18-15(16)23-13;/h7-9,11H,2-6,10H2,1H3,(H2,16,18)(H,17,22);1H. The Balaban J connectivity index is 0.00000208. The van der Waals surface area contributed by atoms with Crippen LogP contribution >= 0.6 is 23.7 Å². The van der Waals surface area contributed by atoms with Crippen molar-refractivity contribution in [2.24, 2.45) is 13.0 Å². The fourth-order valence-electron chi connectivity index (χ4n) is 2.84. The number of nitrogens with two attached hydrogens (primary N) is 1. The molecule has 1 saturated heterocycles. The Hall–Kier alpha value is -1.64. The summed E-state index contributed by atoms with van der Waals surface area (Å²) >= 11 is 1.56. The van der Waals surface area contributed by atoms with E-state index in [-0.39, 0.29) is 18.3 Å². The predicted octanol–water partition coefficient (Wildman–Crippen LogP) is 1.52. The van der Waals surface area contributed by atoms with Crippen molar-refractivity contribution < 1.29 is 4.79 Å². The molecule has 1 fully saturated rings. The van der Waals surface area contributed by atoms with Crippen LogP contribution in [0.15, 0.2) is 18.6 Å². The number of thiazole rings is 1. The number of piperidine rings is 1. The maximum Gasteiger partial charge on any atom is 0.254 e. The topological polar surface area (TPSA) is 89.1 Å². The van der Waals surface area contributed by atoms with E-state index in [1.165, 1.54) is 4.88 Å². The van der Waals surface area contributed by atoms with Crippen LogP contribution in [0.1, 0.15) is 28.1 Å². The number of halogens is 1. The van der Waals surface area contributed by atoms with E-state index in [0.29, 0.717) is 16.6 Å². The van der Waals surface area contributed by atoms with E-state index in [1.807, 2.05) is 13.2 Å². The molecule has 3 rings (SSSR count). The van der Waals surface area contributed by atoms with Crippen LogP contribution in [-0.4, -0.2) is 45.2 Å². The van der Waals surface area contributed by atoms with E-state index >= 15 is 0 Å². The van der Waals surface area contributed by atoms with Gasteiger partial charge in [-0.3, -0.25) is 14.4 Å². The quantitative estimate of drug-likeness (QED) is 0.833. The highest BCUT2D eigenvalue weighted by Crippen LogP contribution is 2.21. The van der Waals surface area contributed by atoms with Crippen molar-refractivity contribution >= 4 is 34.8 Å². The Morgan fingerprint density at radius 2 is 2.17 bits per heavy atom. The van der Waals surface area contributed by atoms with Gasteiger partial charge in [0.1, 0.15) is 0 Å². The molecule has 3 N–H and O–H groups in total. The number of aromatic nitrogens is 3. The molecule has 2 aromatic rings. The van der Waals surface area contributed by atoms with Crippen molar-refractivity contribution in [3.05, 3.63) is 29.0 Å². The lowest BCUT2D eigenvalue weighted by molar-refractivity contribution is 0.0935. The van der Waals surface area contributed by atoms with Gasteiger partial charge in [-0.25, -0.2) is 4.98 Å². The average Bonchev–Trinajstić information content (AvgIpc) is 3.15. The molecule has 1 amide bonds. The van der Waals surface area contributed by atoms with Crippen LogP contribution in [0, 0.1) is 5.92 Å². The first-order chi connectivity index (χ1) is 11.1. The molecule has 7 nitrogen and oxygen atoms in total. The summed E-state index contributed by atoms with van der Waals surface area (Å²) in [6.07, 6.45) is 7.39. The van der Waals surface area contributed by atoms with Crippen LogP contribution in [-0.2, 0) is 13.6 Å². The van der Waals surface area contributed by atoms with E-state index in [1.54, 1.807) is 28.4 Å². The SMILES string of the molecule is Cl.Cn1cc(C(=O)NCC2CCN(Cc3cnc(N)s3)CC2)cn1. The second-order valence-corrected chi connectivity index (χ2v) is 7.14. The predicted molar refractivity (Wildman–Crippen MR) is 97.3 cm³/mol. The first-order valence-corrected chi connectivity index (χ1v) is 8.61. The third-order valence-corrected chi connectivity index (χ3v) is 4.99. The van der Waals surface area contributed by atoms with Crippen LogP contribution in [0.5, 0.6) is 0 Å². The zero-order valence-corrected chi connectivity index (χ0v) is 15.3. The third-order valence-electron chi connectivity index (χ3n) is 4.18. The van der Waals surface area contributed by atoms with Crippen molar-refractivity contribution in [1.82, 2.24) is 25.0 Å². The molecule has 132 valence electrons. The third kappa shape index (κ3) is 4.93. The molecule has 3 heterocycles. The van der Waals surface area contributed by atoms with Crippen molar-refractivity contribution in [2.75, 3.05) is 25.4 Å². The Morgan fingerprint density at radius 1 is 1.42 bits per heavy atom. The molecule has 0 radical (unpaired) electrons. The van der Waals surface area contributed by atoms with E-state index < -0.39 is 0 Å². The number of carbonyl (C=O) groups excluding carboxylic acids is 1. The molecule has 1 aliphatic rings. The molecular formula is C15H23ClN6OS. The molecule has 0 unspecified atom stereocenters. The number of nitrogens with one attached hydrogen (secondary N) is 1. The molecule has 9 heteroatoms. The van der Waals surface area contributed by atoms with Gasteiger partial charge in [-0.15, -0.1) is 23.7 Å². The number of carbonyl (C=O) groups is 1. The number of anilines is 1. The van der Waals surface area contributed by atoms with Crippen molar-refractivity contribution in [2.45, 2.75) is 19.4 Å². The van der Waals surface area contributed by atoms with E-state index in [2.05, 4.69) is 20.3 Å². The summed E-state index contributed by atoms with van der Waals surface area (Å²) in [6.45, 7) is 3.75. The van der Waals surface area contributed by atoms with Crippen LogP contribution in [0.3, 0.4) is 0 Å². The van der Waals surface area contributed by atoms with E-state index in [4.69, 9.17) is 5.73 Å². The maximum atomic E-state index is 12.0. The van der Waals surface area contributed by atoms with Crippen LogP contribution < -0.4 is 11.1 Å². The van der Waals surface area contributed by atoms with Gasteiger partial charge in [0.25, 0.3) is 5.91 Å². The Morgan fingerprint density at radius 3 is 2.75 bits per heavy atom. The number of nitrogens with zero attached hydrogens (tertiary/aromatic N) is 4. The van der Waals surface area contributed by atoms with E-state index in [0.717, 1.165) is 39.0 Å². The molecule has 0 saturated carbocycles. The first kappa shape index (κ1) is 18.7. The number of rotatable bonds is 5. The lowest BCUT2D eigenvalue weighted by Gasteiger charge is -2.31. The second-order valence-electron chi connectivity index (χ2n) is 6.00. The van der Waals surface area contributed by atoms with Crippen LogP contribution in [0.2, 0.25) is 0 Å². The first-order valence-electron chi connectivity index (χ1n) is 7.79. The van der Waals surface area contributed by atoms with Gasteiger partial charge >= 0.3 is 0 Å². The number of amides is 1. The van der Waals surface area contributed by atoms with Crippen molar-refractivity contribution in [3.8, 4) is 0 Å². The van der Waals surface area contributed by atoms with Gasteiger partial charge in [0.2, 0.25) is 0 Å². The fourth-order valence-corrected chi connectivity index (χ4v) is 3.57. The van der Waals surface area contributed by atoms with Crippen LogP contribution in [0.4, 0.5) is 5.13 Å². The minimum atomic E-state index is -0.0411. The lowest BCUT2D eigenvalue weighted by atomic mass is 9.96. The van der Waals surface area contributed by atoms with Gasteiger partial charge in [0, 0.05) is 37.4 Å². The minimum absolute atomic E-state index is 0. The zero-order chi connectivity index (χ0) is 16.2. The highest BCUT2D eigenvalue weighted by atomic mass is 35.5. The molecule has 0 aliphatic carbocycles. The molecule has 0 atom stereocenters. The number of aryl methyl sites for hydroxylation is 1. The molecule has 2 aromatic heterocycles. The summed E-state index contributed by atoms with van der Waals surface area (Å²) in [5.41, 5.74) is 6.28. The second kappa shape index (κ2) is 8.46. The van der Waals surface area contributed by atoms with Gasteiger partial charge in [-0.05, 0) is 31.8 Å². The van der Waals surface area contributed by atoms with Gasteiger partial charge in [0.15, 0.2) is 5.13 Å². The number of nitrogen functional groups attached to an aromatic ring is 1. The highest BCUT2D eigenvalue weighted by Gasteiger charge is 2.20. The van der Waals surface area contributed by atoms with Gasteiger partial charge in [-0.2, -0.15) is 5.10 Å². The number of likely N-dealkylation sites (tertiary alicyclic amines) is 1. The smallest absolute Gasteiger partial charge is 0.254 e. The Bertz CT molecular complexity index is 664. The van der Waals surface area contributed by atoms with Gasteiger partial charge < -0.3 is 11.1 Å². The molecule has 0 bridgehead atoms. The summed E-state index contributed by atoms with van der Waals surface area (Å²) in [6, 6.07) is 0. The van der Waals surface area contributed by atoms with Crippen molar-refractivity contribution in [1.29, 1.82) is 0 Å². The summed E-state index contributed by atoms with van der Waals surface area (Å²) in [7, 11) is 1.81.